The summed E-state index contributed by atoms with van der Waals surface area (Å²) in [5.74, 6) is 0.0816. The minimum Gasteiger partial charge on any atom is -0.367 e. The summed E-state index contributed by atoms with van der Waals surface area (Å²) >= 11 is 5.94. The number of halogens is 1. The van der Waals surface area contributed by atoms with Gasteiger partial charge in [0.25, 0.3) is 0 Å². The molecule has 3 atom stereocenters. The molecular formula is C19H18ClNO2. The number of benzene rings is 2. The molecule has 1 N–H and O–H groups in total. The van der Waals surface area contributed by atoms with Crippen molar-refractivity contribution in [1.29, 1.82) is 0 Å². The maximum Gasteiger partial charge on any atom is 0.167 e. The summed E-state index contributed by atoms with van der Waals surface area (Å²) in [6, 6.07) is 15.7. The third-order valence-corrected chi connectivity index (χ3v) is 4.88. The Hall–Kier alpha value is -1.68. The van der Waals surface area contributed by atoms with Gasteiger partial charge in [0.2, 0.25) is 0 Å². The molecule has 2 saturated heterocycles. The molecule has 0 radical (unpaired) electrons. The van der Waals surface area contributed by atoms with Crippen LogP contribution in [0.2, 0.25) is 5.02 Å². The molecule has 23 heavy (non-hydrogen) atoms. The second-order valence-corrected chi connectivity index (χ2v) is 6.72. The molecule has 2 bridgehead atoms. The molecule has 0 saturated carbocycles. The highest BCUT2D eigenvalue weighted by Gasteiger charge is 2.41. The minimum absolute atomic E-state index is 0.0816. The van der Waals surface area contributed by atoms with Crippen molar-refractivity contribution >= 4 is 17.4 Å². The van der Waals surface area contributed by atoms with Crippen LogP contribution in [-0.4, -0.2) is 24.5 Å². The van der Waals surface area contributed by atoms with Gasteiger partial charge in [0.1, 0.15) is 0 Å². The molecule has 0 aromatic heterocycles. The third-order valence-electron chi connectivity index (χ3n) is 4.65. The Morgan fingerprint density at radius 1 is 1.22 bits per heavy atom. The van der Waals surface area contributed by atoms with E-state index in [2.05, 4.69) is 17.4 Å². The number of ketones is 1. The van der Waals surface area contributed by atoms with Crippen LogP contribution in [0.3, 0.4) is 0 Å². The zero-order valence-electron chi connectivity index (χ0n) is 12.7. The summed E-state index contributed by atoms with van der Waals surface area (Å²) < 4.78 is 6.01. The molecule has 2 fully saturated rings. The van der Waals surface area contributed by atoms with Gasteiger partial charge in [-0.25, -0.2) is 0 Å². The zero-order valence-corrected chi connectivity index (χ0v) is 13.4. The van der Waals surface area contributed by atoms with Gasteiger partial charge >= 0.3 is 0 Å². The monoisotopic (exact) mass is 327 g/mol. The van der Waals surface area contributed by atoms with E-state index in [-0.39, 0.29) is 11.9 Å². The van der Waals surface area contributed by atoms with Crippen molar-refractivity contribution in [2.75, 3.05) is 6.54 Å². The van der Waals surface area contributed by atoms with Crippen LogP contribution in [0.5, 0.6) is 0 Å². The van der Waals surface area contributed by atoms with Gasteiger partial charge in [0.05, 0.1) is 12.2 Å². The lowest BCUT2D eigenvalue weighted by atomic mass is 9.98. The van der Waals surface area contributed by atoms with Gasteiger partial charge < -0.3 is 10.1 Å². The number of morpholine rings is 1. The standard InChI is InChI=1S/C19H18ClNO2/c20-15-3-1-2-14(9-15)18(22)8-12-4-6-13(7-5-12)19-17-10-16(23-19)11-21-17/h1-7,9,16-17,19,21H,8,10-11H2/t16-,17-,19+/m1/s1. The molecule has 2 heterocycles. The molecule has 2 aliphatic rings. The van der Waals surface area contributed by atoms with E-state index in [1.165, 1.54) is 5.56 Å². The highest BCUT2D eigenvalue weighted by Crippen LogP contribution is 2.36. The summed E-state index contributed by atoms with van der Waals surface area (Å²) in [6.45, 7) is 0.966. The molecule has 4 rings (SSSR count). The molecule has 4 heteroatoms. The Bertz CT molecular complexity index is 728. The number of nitrogens with one attached hydrogen (secondary N) is 1. The minimum atomic E-state index is 0.0816. The van der Waals surface area contributed by atoms with Gasteiger partial charge in [-0.1, -0.05) is 48.0 Å². The number of Topliss-reactive ketones (excluding diaryl/α,β-unsaturated/α-hetero) is 1. The fourth-order valence-corrected chi connectivity index (χ4v) is 3.64. The van der Waals surface area contributed by atoms with Crippen molar-refractivity contribution in [1.82, 2.24) is 5.32 Å². The van der Waals surface area contributed by atoms with Crippen molar-refractivity contribution in [2.24, 2.45) is 0 Å². The van der Waals surface area contributed by atoms with Gasteiger partial charge in [-0.05, 0) is 29.7 Å². The molecule has 0 aliphatic carbocycles. The summed E-state index contributed by atoms with van der Waals surface area (Å²) in [6.07, 6.45) is 1.98. The predicted molar refractivity (Wildman–Crippen MR) is 90.0 cm³/mol. The lowest BCUT2D eigenvalue weighted by Gasteiger charge is -2.23. The van der Waals surface area contributed by atoms with Crippen molar-refractivity contribution in [2.45, 2.75) is 31.1 Å². The van der Waals surface area contributed by atoms with Crippen LogP contribution in [-0.2, 0) is 11.2 Å². The maximum atomic E-state index is 12.3. The van der Waals surface area contributed by atoms with Crippen LogP contribution >= 0.6 is 11.6 Å². The first-order chi connectivity index (χ1) is 11.2. The molecule has 2 aromatic rings. The SMILES string of the molecule is O=C(Cc1ccc([C@@H]2O[C@H]3CN[C@@H]2C3)cc1)c1cccc(Cl)c1. The average molecular weight is 328 g/mol. The Balaban J connectivity index is 1.45. The van der Waals surface area contributed by atoms with E-state index in [0.717, 1.165) is 18.5 Å². The maximum absolute atomic E-state index is 12.3. The molecule has 118 valence electrons. The second kappa shape index (κ2) is 6.08. The van der Waals surface area contributed by atoms with Gasteiger partial charge in [0, 0.05) is 29.6 Å². The predicted octanol–water partition coefficient (Wildman–Crippen LogP) is 3.57. The van der Waals surface area contributed by atoms with E-state index < -0.39 is 0 Å². The van der Waals surface area contributed by atoms with Gasteiger partial charge in [-0.2, -0.15) is 0 Å². The Morgan fingerprint density at radius 3 is 2.70 bits per heavy atom. The van der Waals surface area contributed by atoms with Crippen LogP contribution in [0.15, 0.2) is 48.5 Å². The highest BCUT2D eigenvalue weighted by atomic mass is 35.5. The molecular weight excluding hydrogens is 310 g/mol. The first kappa shape index (κ1) is 14.9. The lowest BCUT2D eigenvalue weighted by Crippen LogP contribution is -2.33. The largest absolute Gasteiger partial charge is 0.367 e. The van der Waals surface area contributed by atoms with Crippen LogP contribution in [0.1, 0.15) is 34.0 Å². The highest BCUT2D eigenvalue weighted by molar-refractivity contribution is 6.31. The van der Waals surface area contributed by atoms with Crippen LogP contribution in [0.25, 0.3) is 0 Å². The smallest absolute Gasteiger partial charge is 0.167 e. The molecule has 0 spiro atoms. The summed E-state index contributed by atoms with van der Waals surface area (Å²) in [4.78, 5) is 12.3. The number of fused-ring (bicyclic) bond motifs is 2. The van der Waals surface area contributed by atoms with Crippen LogP contribution in [0, 0.1) is 0 Å². The van der Waals surface area contributed by atoms with Crippen molar-refractivity contribution < 1.29 is 9.53 Å². The van der Waals surface area contributed by atoms with Gasteiger partial charge in [-0.3, -0.25) is 4.79 Å². The summed E-state index contributed by atoms with van der Waals surface area (Å²) in [7, 11) is 0. The van der Waals surface area contributed by atoms with Crippen LogP contribution < -0.4 is 5.32 Å². The van der Waals surface area contributed by atoms with Crippen molar-refractivity contribution in [3.8, 4) is 0 Å². The average Bonchev–Trinajstić information content (AvgIpc) is 3.19. The Labute approximate surface area is 140 Å². The first-order valence-corrected chi connectivity index (χ1v) is 8.33. The number of hydrogen-bond acceptors (Lipinski definition) is 3. The van der Waals surface area contributed by atoms with Crippen molar-refractivity contribution in [3.05, 3.63) is 70.2 Å². The van der Waals surface area contributed by atoms with E-state index in [9.17, 15) is 4.79 Å². The number of carbonyl (C=O) groups is 1. The first-order valence-electron chi connectivity index (χ1n) is 7.95. The Morgan fingerprint density at radius 2 is 2.04 bits per heavy atom. The summed E-state index contributed by atoms with van der Waals surface area (Å²) in [5.41, 5.74) is 2.85. The van der Waals surface area contributed by atoms with E-state index in [1.807, 2.05) is 12.1 Å². The number of carbonyl (C=O) groups excluding carboxylic acids is 1. The second-order valence-electron chi connectivity index (χ2n) is 6.28. The van der Waals surface area contributed by atoms with E-state index in [1.54, 1.807) is 24.3 Å². The fraction of sp³-hybridized carbons (Fsp3) is 0.316. The van der Waals surface area contributed by atoms with E-state index in [4.69, 9.17) is 16.3 Å². The molecule has 3 nitrogen and oxygen atoms in total. The normalized spacial score (nSPS) is 25.7. The Kier molecular flexibility index (Phi) is 3.93. The van der Waals surface area contributed by atoms with Crippen molar-refractivity contribution in [3.63, 3.8) is 0 Å². The zero-order chi connectivity index (χ0) is 15.8. The molecule has 0 amide bonds. The van der Waals surface area contributed by atoms with Gasteiger partial charge in [-0.15, -0.1) is 0 Å². The molecule has 0 unspecified atom stereocenters. The molecule has 2 aliphatic heterocycles. The van der Waals surface area contributed by atoms with Gasteiger partial charge in [0.15, 0.2) is 5.78 Å². The summed E-state index contributed by atoms with van der Waals surface area (Å²) in [5, 5.41) is 4.08. The number of rotatable bonds is 4. The fourth-order valence-electron chi connectivity index (χ4n) is 3.45. The third kappa shape index (κ3) is 3.05. The topological polar surface area (TPSA) is 38.3 Å². The quantitative estimate of drug-likeness (QED) is 0.872. The van der Waals surface area contributed by atoms with E-state index >= 15 is 0 Å². The van der Waals surface area contributed by atoms with E-state index in [0.29, 0.717) is 29.2 Å². The van der Waals surface area contributed by atoms with Crippen LogP contribution in [0.4, 0.5) is 0 Å². The molecule has 2 aromatic carbocycles. The number of ether oxygens (including phenoxy) is 1. The lowest BCUT2D eigenvalue weighted by molar-refractivity contribution is 0.0160. The number of hydrogen-bond donors (Lipinski definition) is 1.